The van der Waals surface area contributed by atoms with Gasteiger partial charge in [-0.25, -0.2) is 4.98 Å². The Balaban J connectivity index is 1.80. The molecule has 27 heavy (non-hydrogen) atoms. The summed E-state index contributed by atoms with van der Waals surface area (Å²) in [4.78, 5) is 8.85. The summed E-state index contributed by atoms with van der Waals surface area (Å²) >= 11 is 0. The molecule has 1 saturated carbocycles. The number of aromatic nitrogens is 2. The van der Waals surface area contributed by atoms with Gasteiger partial charge in [0.25, 0.3) is 0 Å². The summed E-state index contributed by atoms with van der Waals surface area (Å²) < 4.78 is 5.28. The van der Waals surface area contributed by atoms with Gasteiger partial charge in [-0.05, 0) is 43.7 Å². The summed E-state index contributed by atoms with van der Waals surface area (Å²) in [5.41, 5.74) is 7.81. The molecule has 0 atom stereocenters. The van der Waals surface area contributed by atoms with Crippen LogP contribution >= 0.6 is 0 Å². The highest BCUT2D eigenvalue weighted by molar-refractivity contribution is 6.13. The Morgan fingerprint density at radius 3 is 2.78 bits per heavy atom. The van der Waals surface area contributed by atoms with E-state index in [1.165, 1.54) is 0 Å². The van der Waals surface area contributed by atoms with Crippen molar-refractivity contribution >= 4 is 17.5 Å². The van der Waals surface area contributed by atoms with Crippen molar-refractivity contribution in [1.82, 2.24) is 9.97 Å². The molecular weight excluding hydrogens is 340 g/mol. The van der Waals surface area contributed by atoms with Gasteiger partial charge >= 0.3 is 0 Å². The fourth-order valence-electron chi connectivity index (χ4n) is 3.39. The lowest BCUT2D eigenvalue weighted by molar-refractivity contribution is 0.338. The van der Waals surface area contributed by atoms with Crippen molar-refractivity contribution in [2.24, 2.45) is 11.7 Å². The minimum Gasteiger partial charge on any atom is -0.497 e. The standard InChI is InChI=1S/C20H28N6O/c1-23-20-25-12-17(18(22)14-4-3-5-16(10-14)27-2)19(26-20)24-11-13-6-8-15(21)9-7-13/h3-5,10,12-13,15,22H,6-9,11,21H2,1-2H3,(H2,23,24,25,26). The summed E-state index contributed by atoms with van der Waals surface area (Å²) in [6.07, 6.45) is 6.09. The van der Waals surface area contributed by atoms with Crippen LogP contribution in [-0.2, 0) is 0 Å². The molecule has 0 bridgehead atoms. The zero-order valence-corrected chi connectivity index (χ0v) is 16.0. The highest BCUT2D eigenvalue weighted by Gasteiger charge is 2.20. The maximum Gasteiger partial charge on any atom is 0.224 e. The van der Waals surface area contributed by atoms with Gasteiger partial charge < -0.3 is 21.1 Å². The van der Waals surface area contributed by atoms with Crippen LogP contribution in [0.4, 0.5) is 11.8 Å². The summed E-state index contributed by atoms with van der Waals surface area (Å²) in [5.74, 6) is 2.51. The van der Waals surface area contributed by atoms with Gasteiger partial charge in [0.1, 0.15) is 11.6 Å². The quantitative estimate of drug-likeness (QED) is 0.560. The minimum atomic E-state index is 0.341. The van der Waals surface area contributed by atoms with Gasteiger partial charge in [-0.3, -0.25) is 5.41 Å². The van der Waals surface area contributed by atoms with E-state index in [2.05, 4.69) is 20.6 Å². The van der Waals surface area contributed by atoms with Crippen molar-refractivity contribution in [1.29, 1.82) is 5.41 Å². The maximum absolute atomic E-state index is 8.65. The predicted molar refractivity (Wildman–Crippen MR) is 109 cm³/mol. The number of hydrogen-bond donors (Lipinski definition) is 4. The smallest absolute Gasteiger partial charge is 0.224 e. The van der Waals surface area contributed by atoms with E-state index in [1.54, 1.807) is 20.4 Å². The Kier molecular flexibility index (Phi) is 6.24. The molecule has 7 heteroatoms. The van der Waals surface area contributed by atoms with Gasteiger partial charge in [-0.2, -0.15) is 4.98 Å². The number of ether oxygens (including phenoxy) is 1. The first kappa shape index (κ1) is 19.1. The first-order valence-corrected chi connectivity index (χ1v) is 9.38. The van der Waals surface area contributed by atoms with Gasteiger partial charge in [0.15, 0.2) is 0 Å². The molecule has 1 aromatic heterocycles. The van der Waals surface area contributed by atoms with Crippen LogP contribution in [0.2, 0.25) is 0 Å². The lowest BCUT2D eigenvalue weighted by atomic mass is 9.86. The van der Waals surface area contributed by atoms with E-state index in [0.717, 1.165) is 43.5 Å². The minimum absolute atomic E-state index is 0.341. The molecule has 144 valence electrons. The highest BCUT2D eigenvalue weighted by atomic mass is 16.5. The Labute approximate surface area is 160 Å². The molecule has 1 aliphatic carbocycles. The number of methoxy groups -OCH3 is 1. The molecule has 0 radical (unpaired) electrons. The summed E-state index contributed by atoms with van der Waals surface area (Å²) in [5, 5.41) is 15.1. The van der Waals surface area contributed by atoms with E-state index in [9.17, 15) is 0 Å². The second kappa shape index (κ2) is 8.81. The van der Waals surface area contributed by atoms with E-state index < -0.39 is 0 Å². The van der Waals surface area contributed by atoms with Crippen molar-refractivity contribution < 1.29 is 4.74 Å². The van der Waals surface area contributed by atoms with E-state index in [1.807, 2.05) is 24.3 Å². The van der Waals surface area contributed by atoms with Crippen molar-refractivity contribution in [3.63, 3.8) is 0 Å². The van der Waals surface area contributed by atoms with Gasteiger partial charge in [-0.15, -0.1) is 0 Å². The Bertz CT molecular complexity index is 786. The molecule has 2 aromatic rings. The normalized spacial score (nSPS) is 19.4. The number of nitrogens with zero attached hydrogens (tertiary/aromatic N) is 2. The fourth-order valence-corrected chi connectivity index (χ4v) is 3.39. The number of benzene rings is 1. The number of nitrogens with one attached hydrogen (secondary N) is 3. The van der Waals surface area contributed by atoms with E-state index >= 15 is 0 Å². The molecule has 7 nitrogen and oxygen atoms in total. The van der Waals surface area contributed by atoms with Crippen LogP contribution in [0.5, 0.6) is 5.75 Å². The van der Waals surface area contributed by atoms with Crippen LogP contribution in [0.3, 0.4) is 0 Å². The largest absolute Gasteiger partial charge is 0.497 e. The monoisotopic (exact) mass is 368 g/mol. The number of anilines is 2. The first-order valence-electron chi connectivity index (χ1n) is 9.38. The van der Waals surface area contributed by atoms with Crippen molar-refractivity contribution in [3.05, 3.63) is 41.6 Å². The van der Waals surface area contributed by atoms with Crippen molar-refractivity contribution in [2.75, 3.05) is 31.3 Å². The van der Waals surface area contributed by atoms with Gasteiger partial charge in [-0.1, -0.05) is 12.1 Å². The maximum atomic E-state index is 8.65. The molecule has 1 heterocycles. The first-order chi connectivity index (χ1) is 13.1. The summed E-state index contributed by atoms with van der Waals surface area (Å²) in [6, 6.07) is 7.82. The zero-order valence-electron chi connectivity index (χ0n) is 16.0. The third-order valence-corrected chi connectivity index (χ3v) is 5.09. The Morgan fingerprint density at radius 1 is 1.30 bits per heavy atom. The average Bonchev–Trinajstić information content (AvgIpc) is 2.72. The molecule has 0 spiro atoms. The van der Waals surface area contributed by atoms with Crippen LogP contribution in [0, 0.1) is 11.3 Å². The molecule has 0 unspecified atom stereocenters. The fraction of sp³-hybridized carbons (Fsp3) is 0.450. The van der Waals surface area contributed by atoms with Crippen molar-refractivity contribution in [3.8, 4) is 5.75 Å². The van der Waals surface area contributed by atoms with Crippen LogP contribution in [-0.4, -0.2) is 42.4 Å². The lowest BCUT2D eigenvalue weighted by Gasteiger charge is -2.26. The van der Waals surface area contributed by atoms with Crippen LogP contribution < -0.4 is 21.1 Å². The predicted octanol–water partition coefficient (Wildman–Crippen LogP) is 2.87. The molecule has 1 aromatic carbocycles. The molecule has 1 fully saturated rings. The van der Waals surface area contributed by atoms with E-state index in [-0.39, 0.29) is 0 Å². The molecule has 0 aliphatic heterocycles. The van der Waals surface area contributed by atoms with Gasteiger partial charge in [0.2, 0.25) is 5.95 Å². The second-order valence-corrected chi connectivity index (χ2v) is 6.97. The van der Waals surface area contributed by atoms with E-state index in [4.69, 9.17) is 15.9 Å². The van der Waals surface area contributed by atoms with Gasteiger partial charge in [0.05, 0.1) is 18.4 Å². The zero-order chi connectivity index (χ0) is 19.2. The van der Waals surface area contributed by atoms with Crippen LogP contribution in [0.15, 0.2) is 30.5 Å². The molecule has 0 amide bonds. The van der Waals surface area contributed by atoms with Crippen molar-refractivity contribution in [2.45, 2.75) is 31.7 Å². The summed E-state index contributed by atoms with van der Waals surface area (Å²) in [6.45, 7) is 0.825. The Morgan fingerprint density at radius 2 is 2.07 bits per heavy atom. The highest BCUT2D eigenvalue weighted by Crippen LogP contribution is 2.25. The third kappa shape index (κ3) is 4.74. The number of nitrogens with two attached hydrogens (primary N) is 1. The second-order valence-electron chi connectivity index (χ2n) is 6.97. The molecular formula is C20H28N6O. The topological polar surface area (TPSA) is 109 Å². The number of rotatable bonds is 7. The Hall–Kier alpha value is -2.67. The average molecular weight is 368 g/mol. The molecule has 3 rings (SSSR count). The molecule has 1 aliphatic rings. The lowest BCUT2D eigenvalue weighted by Crippen LogP contribution is -2.29. The van der Waals surface area contributed by atoms with Crippen LogP contribution in [0.1, 0.15) is 36.8 Å². The van der Waals surface area contributed by atoms with E-state index in [0.29, 0.717) is 35.0 Å². The molecule has 0 saturated heterocycles. The number of hydrogen-bond acceptors (Lipinski definition) is 7. The third-order valence-electron chi connectivity index (χ3n) is 5.09. The van der Waals surface area contributed by atoms with Gasteiger partial charge in [0, 0.05) is 31.4 Å². The van der Waals surface area contributed by atoms with Crippen LogP contribution in [0.25, 0.3) is 0 Å². The SMILES string of the molecule is CNc1ncc(C(=N)c2cccc(OC)c2)c(NCC2CCC(N)CC2)n1. The summed E-state index contributed by atoms with van der Waals surface area (Å²) in [7, 11) is 3.41. The molecule has 5 N–H and O–H groups in total.